The lowest BCUT2D eigenvalue weighted by molar-refractivity contribution is 0.0464. The fourth-order valence-electron chi connectivity index (χ4n) is 7.01. The lowest BCUT2D eigenvalue weighted by atomic mass is 10.0. The first-order chi connectivity index (χ1) is 27.3. The summed E-state index contributed by atoms with van der Waals surface area (Å²) in [5.74, 6) is -1.58. The maximum atomic E-state index is 12.9. The largest absolute Gasteiger partial charge is 0.462 e. The van der Waals surface area contributed by atoms with Crippen LogP contribution in [-0.2, 0) is 19.6 Å². The molecule has 0 saturated heterocycles. The lowest BCUT2D eigenvalue weighted by Crippen LogP contribution is -2.16. The smallest absolute Gasteiger partial charge is 0.339 e. The fourth-order valence-corrected chi connectivity index (χ4v) is 7.52. The zero-order chi connectivity index (χ0) is 40.8. The van der Waals surface area contributed by atoms with Gasteiger partial charge in [-0.25, -0.2) is 9.59 Å². The van der Waals surface area contributed by atoms with Crippen molar-refractivity contribution >= 4 is 22.1 Å². The van der Waals surface area contributed by atoms with E-state index in [0.717, 1.165) is 37.8 Å². The summed E-state index contributed by atoms with van der Waals surface area (Å²) in [5, 5.41) is 0. The molecule has 1 aromatic carbocycles. The van der Waals surface area contributed by atoms with Crippen LogP contribution in [0, 0.1) is 0 Å². The molecule has 0 aliphatic rings. The normalized spacial score (nSPS) is 11.9. The highest BCUT2D eigenvalue weighted by atomic mass is 32.2. The molecule has 0 aromatic heterocycles. The minimum atomic E-state index is -4.58. The highest BCUT2D eigenvalue weighted by Crippen LogP contribution is 2.20. The van der Waals surface area contributed by atoms with E-state index in [1.165, 1.54) is 173 Å². The summed E-state index contributed by atoms with van der Waals surface area (Å²) in [6.07, 6.45) is 48.6. The van der Waals surface area contributed by atoms with Crippen LogP contribution in [0.3, 0.4) is 0 Å². The summed E-state index contributed by atoms with van der Waals surface area (Å²) >= 11 is 0. The predicted octanol–water partition coefficient (Wildman–Crippen LogP) is 14.9. The van der Waals surface area contributed by atoms with Gasteiger partial charge in [-0.05, 0) is 56.7 Å². The maximum Gasteiger partial charge on any atom is 0.339 e. The highest BCUT2D eigenvalue weighted by molar-refractivity contribution is 7.85. The van der Waals surface area contributed by atoms with Crippen molar-refractivity contribution in [2.24, 2.45) is 0 Å². The van der Waals surface area contributed by atoms with Gasteiger partial charge in [0.25, 0.3) is 10.1 Å². The van der Waals surface area contributed by atoms with Crippen molar-refractivity contribution in [1.82, 2.24) is 0 Å². The third-order valence-corrected chi connectivity index (χ3v) is 11.4. The van der Waals surface area contributed by atoms with Gasteiger partial charge in [-0.15, -0.1) is 0 Å². The number of benzene rings is 1. The van der Waals surface area contributed by atoms with E-state index in [1.807, 2.05) is 12.2 Å². The van der Waals surface area contributed by atoms with Gasteiger partial charge in [0.1, 0.15) is 0 Å². The second-order valence-electron chi connectivity index (χ2n) is 15.7. The Hall–Kier alpha value is -2.45. The first-order valence-electron chi connectivity index (χ1n) is 23.1. The molecule has 0 saturated carbocycles. The monoisotopic (exact) mass is 803 g/mol. The van der Waals surface area contributed by atoms with Crippen LogP contribution in [0.4, 0.5) is 0 Å². The summed E-state index contributed by atoms with van der Waals surface area (Å²) < 4.78 is 43.8. The van der Waals surface area contributed by atoms with Crippen LogP contribution in [0.2, 0.25) is 0 Å². The van der Waals surface area contributed by atoms with Gasteiger partial charge < -0.3 is 9.47 Å². The summed E-state index contributed by atoms with van der Waals surface area (Å²) in [7, 11) is -4.58. The van der Waals surface area contributed by atoms with Crippen LogP contribution in [0.5, 0.6) is 0 Å². The third-order valence-electron chi connectivity index (χ3n) is 10.5. The quantitative estimate of drug-likeness (QED) is 0.0306. The Labute approximate surface area is 344 Å². The van der Waals surface area contributed by atoms with Crippen LogP contribution in [-0.4, -0.2) is 38.1 Å². The molecule has 0 radical (unpaired) electrons. The van der Waals surface area contributed by atoms with Crippen LogP contribution >= 0.6 is 0 Å². The number of ether oxygens (including phenoxy) is 2. The Morgan fingerprint density at radius 3 is 1.11 bits per heavy atom. The predicted molar refractivity (Wildman–Crippen MR) is 234 cm³/mol. The Balaban J connectivity index is 2.23. The summed E-state index contributed by atoms with van der Waals surface area (Å²) in [6.45, 7) is 4.75. The standard InChI is InChI=1S/C48H82O7S/c1-3-5-7-9-11-13-15-17-19-21-23-25-27-29-31-33-35-37-41-54-47(49)45-40-39-44(56(51,52)53)43-46(45)48(50)55-42-38-36-34-32-30-28-26-24-22-20-18-16-14-12-10-8-6-4-2/h33-36,39-40,43H,3-32,37-38,41-42H2,1-2H3,(H,51,52,53)/b35-33+,36-34+. The number of esters is 2. The molecule has 0 spiro atoms. The molecular formula is C48H82O7S. The number of hydrogen-bond acceptors (Lipinski definition) is 6. The molecule has 0 fully saturated rings. The Bertz CT molecular complexity index is 1270. The van der Waals surface area contributed by atoms with Crippen LogP contribution in [0.1, 0.15) is 240 Å². The molecule has 0 aliphatic carbocycles. The average Bonchev–Trinajstić information content (AvgIpc) is 3.18. The van der Waals surface area contributed by atoms with Gasteiger partial charge in [-0.3, -0.25) is 4.55 Å². The van der Waals surface area contributed by atoms with E-state index in [2.05, 4.69) is 26.0 Å². The number of rotatable bonds is 39. The van der Waals surface area contributed by atoms with Crippen molar-refractivity contribution in [2.75, 3.05) is 13.2 Å². The van der Waals surface area contributed by atoms with Gasteiger partial charge >= 0.3 is 11.9 Å². The molecule has 1 N–H and O–H groups in total. The number of carbonyl (C=O) groups excluding carboxylic acids is 2. The van der Waals surface area contributed by atoms with E-state index in [9.17, 15) is 22.6 Å². The van der Waals surface area contributed by atoms with E-state index in [4.69, 9.17) is 9.47 Å². The molecule has 322 valence electrons. The van der Waals surface area contributed by atoms with E-state index < -0.39 is 27.0 Å². The Kier molecular flexibility index (Phi) is 33.9. The molecule has 1 aromatic rings. The van der Waals surface area contributed by atoms with E-state index in [0.29, 0.717) is 12.8 Å². The molecule has 0 bridgehead atoms. The van der Waals surface area contributed by atoms with Crippen molar-refractivity contribution in [3.63, 3.8) is 0 Å². The molecule has 1 rings (SSSR count). The first kappa shape index (κ1) is 51.6. The topological polar surface area (TPSA) is 107 Å². The second kappa shape index (κ2) is 36.9. The summed E-state index contributed by atoms with van der Waals surface area (Å²) in [4.78, 5) is 25.3. The molecule has 0 heterocycles. The Morgan fingerprint density at radius 1 is 0.464 bits per heavy atom. The van der Waals surface area contributed by atoms with Crippen LogP contribution in [0.25, 0.3) is 0 Å². The average molecular weight is 803 g/mol. The van der Waals surface area contributed by atoms with E-state index >= 15 is 0 Å². The SMILES string of the molecule is CCCCCCCCCCCCCCCC/C=C/CCOC(=O)c1ccc(S(=O)(=O)O)cc1C(=O)OCC/C=C/CCCCCCCCCCCCCCCC. The van der Waals surface area contributed by atoms with Gasteiger partial charge in [-0.2, -0.15) is 8.42 Å². The molecule has 7 nitrogen and oxygen atoms in total. The molecule has 0 unspecified atom stereocenters. The second-order valence-corrected chi connectivity index (χ2v) is 17.2. The van der Waals surface area contributed by atoms with E-state index in [1.54, 1.807) is 0 Å². The zero-order valence-corrected chi connectivity index (χ0v) is 36.7. The lowest BCUT2D eigenvalue weighted by Gasteiger charge is -2.10. The number of carbonyl (C=O) groups is 2. The van der Waals surface area contributed by atoms with Gasteiger partial charge in [0.15, 0.2) is 0 Å². The van der Waals surface area contributed by atoms with Crippen LogP contribution < -0.4 is 0 Å². The molecule has 8 heteroatoms. The first-order valence-corrected chi connectivity index (χ1v) is 24.5. The van der Waals surface area contributed by atoms with Gasteiger partial charge in [0.2, 0.25) is 0 Å². The summed E-state index contributed by atoms with van der Waals surface area (Å²) in [6, 6.07) is 3.24. The van der Waals surface area contributed by atoms with Gasteiger partial charge in [0.05, 0.1) is 29.2 Å². The number of allylic oxidation sites excluding steroid dienone is 2. The molecular weight excluding hydrogens is 721 g/mol. The van der Waals surface area contributed by atoms with Crippen molar-refractivity contribution in [3.8, 4) is 0 Å². The van der Waals surface area contributed by atoms with Crippen molar-refractivity contribution < 1.29 is 32.0 Å². The minimum absolute atomic E-state index is 0.0861. The maximum absolute atomic E-state index is 12.9. The molecule has 0 amide bonds. The van der Waals surface area contributed by atoms with Crippen molar-refractivity contribution in [2.45, 2.75) is 224 Å². The molecule has 0 atom stereocenters. The fraction of sp³-hybridized carbons (Fsp3) is 0.750. The van der Waals surface area contributed by atoms with E-state index in [-0.39, 0.29) is 24.3 Å². The summed E-state index contributed by atoms with van der Waals surface area (Å²) in [5.41, 5.74) is -0.341. The van der Waals surface area contributed by atoms with Crippen molar-refractivity contribution in [3.05, 3.63) is 53.6 Å². The Morgan fingerprint density at radius 2 is 0.768 bits per heavy atom. The number of unbranched alkanes of at least 4 members (excludes halogenated alkanes) is 28. The molecule has 56 heavy (non-hydrogen) atoms. The van der Waals surface area contributed by atoms with Crippen molar-refractivity contribution in [1.29, 1.82) is 0 Å². The third kappa shape index (κ3) is 29.7. The zero-order valence-electron chi connectivity index (χ0n) is 35.9. The molecule has 0 aliphatic heterocycles. The highest BCUT2D eigenvalue weighted by Gasteiger charge is 2.23. The minimum Gasteiger partial charge on any atom is -0.462 e. The number of hydrogen-bond donors (Lipinski definition) is 1. The van der Waals surface area contributed by atoms with Gasteiger partial charge in [0, 0.05) is 0 Å². The van der Waals surface area contributed by atoms with Crippen LogP contribution in [0.15, 0.2) is 47.4 Å². The van der Waals surface area contributed by atoms with Gasteiger partial charge in [-0.1, -0.05) is 205 Å².